The number of thioether (sulfide) groups is 1. The van der Waals surface area contributed by atoms with Crippen LogP contribution in [-0.2, 0) is 0 Å². The van der Waals surface area contributed by atoms with E-state index in [1.165, 1.54) is 24.6 Å². The summed E-state index contributed by atoms with van der Waals surface area (Å²) in [4.78, 5) is 6.79. The minimum atomic E-state index is -0.382. The third kappa shape index (κ3) is 4.70. The molecule has 0 aliphatic carbocycles. The number of aliphatic hydroxyl groups excluding tert-OH is 1. The number of nitrogens with zero attached hydrogens (tertiary/aromatic N) is 3. The second-order valence-electron chi connectivity index (χ2n) is 6.32. The average Bonchev–Trinajstić information content (AvgIpc) is 2.47. The molecule has 0 amide bonds. The van der Waals surface area contributed by atoms with E-state index in [2.05, 4.69) is 22.9 Å². The van der Waals surface area contributed by atoms with Gasteiger partial charge in [-0.1, -0.05) is 6.92 Å². The fourth-order valence-corrected chi connectivity index (χ4v) is 3.83. The molecule has 5 heteroatoms. The largest absolute Gasteiger partial charge is 0.391 e. The first-order chi connectivity index (χ1) is 10.5. The molecule has 1 aromatic heterocycles. The molecule has 1 atom stereocenters. The molecule has 0 radical (unpaired) electrons. The van der Waals surface area contributed by atoms with Crippen LogP contribution in [0.2, 0.25) is 0 Å². The third-order valence-electron chi connectivity index (χ3n) is 4.18. The molecule has 2 rings (SSSR count). The molecular formula is C17H25N3OS. The molecule has 0 spiro atoms. The maximum Gasteiger partial charge on any atom is 0.114 e. The van der Waals surface area contributed by atoms with Gasteiger partial charge < -0.3 is 10.0 Å². The topological polar surface area (TPSA) is 60.1 Å². The molecule has 0 bridgehead atoms. The zero-order chi connectivity index (χ0) is 16.1. The summed E-state index contributed by atoms with van der Waals surface area (Å²) in [6.07, 6.45) is 2.06. The molecule has 0 aromatic carbocycles. The number of hydrogen-bond donors (Lipinski definition) is 1. The van der Waals surface area contributed by atoms with Gasteiger partial charge >= 0.3 is 0 Å². The minimum absolute atomic E-state index is 0.382. The highest BCUT2D eigenvalue weighted by molar-refractivity contribution is 7.99. The van der Waals surface area contributed by atoms with Crippen molar-refractivity contribution in [1.29, 1.82) is 5.26 Å². The molecular weight excluding hydrogens is 294 g/mol. The molecule has 1 saturated heterocycles. The predicted octanol–water partition coefficient (Wildman–Crippen LogP) is 2.76. The number of aryl methyl sites for hydroxylation is 2. The summed E-state index contributed by atoms with van der Waals surface area (Å²) in [5, 5.41) is 20.3. The van der Waals surface area contributed by atoms with Gasteiger partial charge in [0.15, 0.2) is 0 Å². The Labute approximate surface area is 137 Å². The predicted molar refractivity (Wildman–Crippen MR) is 90.0 cm³/mol. The van der Waals surface area contributed by atoms with Crippen LogP contribution in [0, 0.1) is 31.1 Å². The number of aliphatic hydroxyl groups is 1. The van der Waals surface area contributed by atoms with Gasteiger partial charge in [0.25, 0.3) is 0 Å². The number of hydrogen-bond acceptors (Lipinski definition) is 5. The molecule has 1 aliphatic heterocycles. The van der Waals surface area contributed by atoms with Gasteiger partial charge in [-0.2, -0.15) is 5.26 Å². The summed E-state index contributed by atoms with van der Waals surface area (Å²) < 4.78 is 0. The number of piperidine rings is 1. The lowest BCUT2D eigenvalue weighted by Crippen LogP contribution is -2.39. The molecule has 0 saturated carbocycles. The van der Waals surface area contributed by atoms with E-state index >= 15 is 0 Å². The van der Waals surface area contributed by atoms with E-state index < -0.39 is 0 Å². The Hall–Kier alpha value is -1.09. The molecule has 22 heavy (non-hydrogen) atoms. The van der Waals surface area contributed by atoms with Gasteiger partial charge in [0.2, 0.25) is 0 Å². The number of β-amino-alcohol motifs (C(OH)–C–C–N with tert-alkyl or cyclic N) is 1. The lowest BCUT2D eigenvalue weighted by molar-refractivity contribution is 0.105. The Bertz CT molecular complexity index is 548. The summed E-state index contributed by atoms with van der Waals surface area (Å²) in [5.74, 6) is 1.39. The van der Waals surface area contributed by atoms with Crippen LogP contribution in [0.1, 0.15) is 36.6 Å². The number of pyridine rings is 1. The van der Waals surface area contributed by atoms with Gasteiger partial charge in [0.05, 0.1) is 11.7 Å². The van der Waals surface area contributed by atoms with Gasteiger partial charge in [-0.3, -0.25) is 0 Å². The van der Waals surface area contributed by atoms with Crippen LogP contribution in [0.3, 0.4) is 0 Å². The Morgan fingerprint density at radius 2 is 2.14 bits per heavy atom. The quantitative estimate of drug-likeness (QED) is 0.846. The van der Waals surface area contributed by atoms with Crippen molar-refractivity contribution in [3.63, 3.8) is 0 Å². The summed E-state index contributed by atoms with van der Waals surface area (Å²) >= 11 is 1.49. The molecule has 1 N–H and O–H groups in total. The van der Waals surface area contributed by atoms with Crippen LogP contribution in [0.5, 0.6) is 0 Å². The summed E-state index contributed by atoms with van der Waals surface area (Å²) in [6, 6.07) is 4.15. The number of rotatable bonds is 5. The average molecular weight is 319 g/mol. The summed E-state index contributed by atoms with van der Waals surface area (Å²) in [7, 11) is 0. The normalized spacial score (nSPS) is 18.1. The molecule has 1 aliphatic rings. The van der Waals surface area contributed by atoms with E-state index in [0.29, 0.717) is 17.9 Å². The number of aromatic nitrogens is 1. The SMILES string of the molecule is Cc1cc(C)c(C#N)c(SCC(O)CN2CCC(C)CC2)n1. The van der Waals surface area contributed by atoms with Crippen LogP contribution < -0.4 is 0 Å². The Morgan fingerprint density at radius 1 is 1.45 bits per heavy atom. The molecule has 1 unspecified atom stereocenters. The third-order valence-corrected chi connectivity index (χ3v) is 5.30. The summed E-state index contributed by atoms with van der Waals surface area (Å²) in [6.45, 7) is 9.03. The van der Waals surface area contributed by atoms with Gasteiger partial charge in [0, 0.05) is 18.0 Å². The molecule has 4 nitrogen and oxygen atoms in total. The van der Waals surface area contributed by atoms with Crippen LogP contribution >= 0.6 is 11.8 Å². The zero-order valence-corrected chi connectivity index (χ0v) is 14.5. The van der Waals surface area contributed by atoms with Gasteiger partial charge in [-0.05, 0) is 57.3 Å². The smallest absolute Gasteiger partial charge is 0.114 e. The van der Waals surface area contributed by atoms with Crippen molar-refractivity contribution in [2.75, 3.05) is 25.4 Å². The lowest BCUT2D eigenvalue weighted by atomic mass is 9.99. The number of likely N-dealkylation sites (tertiary alicyclic amines) is 1. The van der Waals surface area contributed by atoms with Crippen molar-refractivity contribution in [1.82, 2.24) is 9.88 Å². The highest BCUT2D eigenvalue weighted by Crippen LogP contribution is 2.24. The van der Waals surface area contributed by atoms with Crippen LogP contribution in [0.4, 0.5) is 0 Å². The van der Waals surface area contributed by atoms with Crippen molar-refractivity contribution in [2.45, 2.75) is 44.7 Å². The first-order valence-corrected chi connectivity index (χ1v) is 8.89. The van der Waals surface area contributed by atoms with Crippen LogP contribution in [-0.4, -0.2) is 46.5 Å². The monoisotopic (exact) mass is 319 g/mol. The maximum absolute atomic E-state index is 10.3. The lowest BCUT2D eigenvalue weighted by Gasteiger charge is -2.31. The minimum Gasteiger partial charge on any atom is -0.391 e. The van der Waals surface area contributed by atoms with Gasteiger partial charge in [0.1, 0.15) is 11.1 Å². The van der Waals surface area contributed by atoms with Crippen molar-refractivity contribution in [2.24, 2.45) is 5.92 Å². The second-order valence-corrected chi connectivity index (χ2v) is 7.33. The van der Waals surface area contributed by atoms with E-state index in [0.717, 1.165) is 35.3 Å². The van der Waals surface area contributed by atoms with Crippen LogP contribution in [0.15, 0.2) is 11.1 Å². The molecule has 1 fully saturated rings. The van der Waals surface area contributed by atoms with Gasteiger partial charge in [-0.25, -0.2) is 4.98 Å². The Morgan fingerprint density at radius 3 is 2.77 bits per heavy atom. The second kappa shape index (κ2) is 7.96. The van der Waals surface area contributed by atoms with Crippen molar-refractivity contribution >= 4 is 11.8 Å². The van der Waals surface area contributed by atoms with E-state index in [-0.39, 0.29) is 6.10 Å². The summed E-state index contributed by atoms with van der Waals surface area (Å²) in [5.41, 5.74) is 2.50. The molecule has 1 aromatic rings. The zero-order valence-electron chi connectivity index (χ0n) is 13.7. The first kappa shape index (κ1) is 17.3. The first-order valence-electron chi connectivity index (χ1n) is 7.91. The van der Waals surface area contributed by atoms with Crippen molar-refractivity contribution in [3.8, 4) is 6.07 Å². The van der Waals surface area contributed by atoms with E-state index in [1.807, 2.05) is 19.9 Å². The van der Waals surface area contributed by atoms with E-state index in [1.54, 1.807) is 0 Å². The standard InChI is InChI=1S/C17H25N3OS/c1-12-4-6-20(7-5-12)10-15(21)11-22-17-16(9-18)13(2)8-14(3)19-17/h8,12,15,21H,4-7,10-11H2,1-3H3. The van der Waals surface area contributed by atoms with Gasteiger partial charge in [-0.15, -0.1) is 11.8 Å². The van der Waals surface area contributed by atoms with Crippen molar-refractivity contribution < 1.29 is 5.11 Å². The molecule has 120 valence electrons. The molecule has 2 heterocycles. The van der Waals surface area contributed by atoms with Crippen molar-refractivity contribution in [3.05, 3.63) is 22.9 Å². The highest BCUT2D eigenvalue weighted by atomic mass is 32.2. The Kier molecular flexibility index (Phi) is 6.25. The fourth-order valence-electron chi connectivity index (χ4n) is 2.81. The highest BCUT2D eigenvalue weighted by Gasteiger charge is 2.19. The number of nitriles is 1. The van der Waals surface area contributed by atoms with E-state index in [9.17, 15) is 10.4 Å². The maximum atomic E-state index is 10.3. The van der Waals surface area contributed by atoms with Crippen LogP contribution in [0.25, 0.3) is 0 Å². The Balaban J connectivity index is 1.89. The fraction of sp³-hybridized carbons (Fsp3) is 0.647. The van der Waals surface area contributed by atoms with E-state index in [4.69, 9.17) is 0 Å².